The fourth-order valence-corrected chi connectivity index (χ4v) is 4.54. The maximum atomic E-state index is 12.2. The van der Waals surface area contributed by atoms with Crippen LogP contribution in [0.4, 0.5) is 0 Å². The van der Waals surface area contributed by atoms with Gasteiger partial charge in [-0.25, -0.2) is 0 Å². The van der Waals surface area contributed by atoms with Gasteiger partial charge in [0.1, 0.15) is 0 Å². The standard InChI is InChI=1S/C25H30N2O2/c1-17-8-11-19(12-9-17)16-27-23-14-18(2)10-13-21(23)22(24(27)25(28)29)15-26-20-6-4-3-5-7-20/h8-14,20,26H,3-7,15-16H2,1-2H3,(H,28,29)/p-1. The second kappa shape index (κ2) is 8.42. The van der Waals surface area contributed by atoms with Gasteiger partial charge in [0.15, 0.2) is 0 Å². The highest BCUT2D eigenvalue weighted by atomic mass is 16.4. The van der Waals surface area contributed by atoms with E-state index in [0.717, 1.165) is 27.6 Å². The van der Waals surface area contributed by atoms with Gasteiger partial charge in [0.05, 0.1) is 11.7 Å². The van der Waals surface area contributed by atoms with Crippen LogP contribution in [-0.2, 0) is 13.1 Å². The lowest BCUT2D eigenvalue weighted by Gasteiger charge is -2.23. The summed E-state index contributed by atoms with van der Waals surface area (Å²) in [6, 6.07) is 14.9. The van der Waals surface area contributed by atoms with Gasteiger partial charge in [0.25, 0.3) is 0 Å². The van der Waals surface area contributed by atoms with Crippen molar-refractivity contribution in [3.05, 3.63) is 70.4 Å². The van der Waals surface area contributed by atoms with Gasteiger partial charge in [-0.05, 0) is 43.9 Å². The smallest absolute Gasteiger partial charge is 0.0884 e. The lowest BCUT2D eigenvalue weighted by atomic mass is 9.95. The van der Waals surface area contributed by atoms with E-state index < -0.39 is 5.97 Å². The predicted molar refractivity (Wildman–Crippen MR) is 115 cm³/mol. The molecule has 152 valence electrons. The van der Waals surface area contributed by atoms with Crippen LogP contribution in [0, 0.1) is 13.8 Å². The van der Waals surface area contributed by atoms with Crippen molar-refractivity contribution in [2.75, 3.05) is 0 Å². The second-order valence-corrected chi connectivity index (χ2v) is 8.42. The first-order chi connectivity index (χ1) is 14.0. The van der Waals surface area contributed by atoms with Gasteiger partial charge in [-0.15, -0.1) is 0 Å². The van der Waals surface area contributed by atoms with Crippen LogP contribution in [-0.4, -0.2) is 16.6 Å². The summed E-state index contributed by atoms with van der Waals surface area (Å²) in [6.45, 7) is 5.18. The van der Waals surface area contributed by atoms with Gasteiger partial charge >= 0.3 is 0 Å². The maximum Gasteiger partial charge on any atom is 0.0884 e. The number of hydrogen-bond acceptors (Lipinski definition) is 3. The number of aryl methyl sites for hydroxylation is 2. The number of nitrogens with one attached hydrogen (secondary N) is 1. The molecule has 1 aromatic heterocycles. The van der Waals surface area contributed by atoms with Gasteiger partial charge < -0.3 is 19.8 Å². The van der Waals surface area contributed by atoms with E-state index in [2.05, 4.69) is 54.7 Å². The molecule has 0 spiro atoms. The first kappa shape index (κ1) is 19.7. The average molecular weight is 390 g/mol. The van der Waals surface area contributed by atoms with Crippen LogP contribution in [0.15, 0.2) is 42.5 Å². The van der Waals surface area contributed by atoms with E-state index in [1.54, 1.807) is 0 Å². The molecule has 0 aliphatic heterocycles. The van der Waals surface area contributed by atoms with Crippen LogP contribution in [0.2, 0.25) is 0 Å². The van der Waals surface area contributed by atoms with Gasteiger partial charge in [-0.3, -0.25) is 0 Å². The number of carboxylic acid groups (broad SMARTS) is 1. The maximum absolute atomic E-state index is 12.2. The van der Waals surface area contributed by atoms with Crippen molar-refractivity contribution in [2.24, 2.45) is 0 Å². The van der Waals surface area contributed by atoms with Crippen molar-refractivity contribution in [3.8, 4) is 0 Å². The summed E-state index contributed by atoms with van der Waals surface area (Å²) in [6.07, 6.45) is 6.14. The highest BCUT2D eigenvalue weighted by molar-refractivity contribution is 5.97. The van der Waals surface area contributed by atoms with Gasteiger partial charge in [-0.1, -0.05) is 61.2 Å². The summed E-state index contributed by atoms with van der Waals surface area (Å²) in [7, 11) is 0. The number of carbonyl (C=O) groups is 1. The van der Waals surface area contributed by atoms with E-state index in [-0.39, 0.29) is 0 Å². The molecule has 0 atom stereocenters. The van der Waals surface area contributed by atoms with Crippen molar-refractivity contribution in [2.45, 2.75) is 65.1 Å². The molecule has 1 aliphatic carbocycles. The molecule has 2 aromatic carbocycles. The molecule has 0 bridgehead atoms. The lowest BCUT2D eigenvalue weighted by molar-refractivity contribution is -0.255. The number of carboxylic acids is 1. The van der Waals surface area contributed by atoms with Crippen LogP contribution in [0.25, 0.3) is 10.9 Å². The predicted octanol–water partition coefficient (Wildman–Crippen LogP) is 4.09. The molecule has 0 radical (unpaired) electrons. The number of nitrogens with zero attached hydrogens (tertiary/aromatic N) is 1. The molecule has 1 N–H and O–H groups in total. The van der Waals surface area contributed by atoms with Crippen molar-refractivity contribution in [1.82, 2.24) is 9.88 Å². The summed E-state index contributed by atoms with van der Waals surface area (Å²) < 4.78 is 1.92. The van der Waals surface area contributed by atoms with Crippen molar-refractivity contribution in [3.63, 3.8) is 0 Å². The number of aromatic nitrogens is 1. The van der Waals surface area contributed by atoms with E-state index >= 15 is 0 Å². The third kappa shape index (κ3) is 4.23. The van der Waals surface area contributed by atoms with Crippen molar-refractivity contribution in [1.29, 1.82) is 0 Å². The number of hydrogen-bond donors (Lipinski definition) is 1. The van der Waals surface area contributed by atoms with E-state index in [0.29, 0.717) is 24.8 Å². The van der Waals surface area contributed by atoms with E-state index in [1.807, 2.05) is 11.5 Å². The topological polar surface area (TPSA) is 57.1 Å². The zero-order chi connectivity index (χ0) is 20.4. The van der Waals surface area contributed by atoms with Crippen molar-refractivity contribution >= 4 is 16.9 Å². The minimum Gasteiger partial charge on any atom is -0.543 e. The first-order valence-electron chi connectivity index (χ1n) is 10.6. The Bertz CT molecular complexity index is 1010. The normalized spacial score (nSPS) is 15.1. The molecule has 1 heterocycles. The quantitative estimate of drug-likeness (QED) is 0.691. The number of fused-ring (bicyclic) bond motifs is 1. The van der Waals surface area contributed by atoms with E-state index in [4.69, 9.17) is 0 Å². The molecular weight excluding hydrogens is 360 g/mol. The number of carbonyl (C=O) groups excluding carboxylic acids is 1. The molecular formula is C25H29N2O2-. The molecule has 4 heteroatoms. The molecule has 4 nitrogen and oxygen atoms in total. The molecule has 29 heavy (non-hydrogen) atoms. The largest absolute Gasteiger partial charge is 0.543 e. The van der Waals surface area contributed by atoms with Crippen LogP contribution in [0.3, 0.4) is 0 Å². The minimum absolute atomic E-state index is 0.300. The fraction of sp³-hybridized carbons (Fsp3) is 0.400. The Morgan fingerprint density at radius 1 is 1.03 bits per heavy atom. The highest BCUT2D eigenvalue weighted by Gasteiger charge is 2.20. The molecule has 1 aliphatic rings. The van der Waals surface area contributed by atoms with Crippen LogP contribution in [0.1, 0.15) is 64.8 Å². The molecule has 1 fully saturated rings. The minimum atomic E-state index is -1.11. The SMILES string of the molecule is Cc1ccc(Cn2c(C(=O)[O-])c(CNC3CCCCC3)c3ccc(C)cc32)cc1. The summed E-state index contributed by atoms with van der Waals surface area (Å²) in [5.74, 6) is -1.11. The Morgan fingerprint density at radius 2 is 1.72 bits per heavy atom. The molecule has 1 saturated carbocycles. The van der Waals surface area contributed by atoms with Crippen LogP contribution in [0.5, 0.6) is 0 Å². The van der Waals surface area contributed by atoms with Crippen LogP contribution >= 0.6 is 0 Å². The highest BCUT2D eigenvalue weighted by Crippen LogP contribution is 2.29. The molecule has 3 aromatic rings. The summed E-state index contributed by atoms with van der Waals surface area (Å²) >= 11 is 0. The lowest BCUT2D eigenvalue weighted by Crippen LogP contribution is -2.32. The Hall–Kier alpha value is -2.59. The Balaban J connectivity index is 1.76. The number of benzene rings is 2. The van der Waals surface area contributed by atoms with Crippen molar-refractivity contribution < 1.29 is 9.90 Å². The zero-order valence-electron chi connectivity index (χ0n) is 17.3. The third-order valence-corrected chi connectivity index (χ3v) is 6.15. The zero-order valence-corrected chi connectivity index (χ0v) is 17.3. The molecule has 0 unspecified atom stereocenters. The van der Waals surface area contributed by atoms with E-state index in [9.17, 15) is 9.90 Å². The number of rotatable bonds is 6. The third-order valence-electron chi connectivity index (χ3n) is 6.15. The summed E-state index contributed by atoms with van der Waals surface area (Å²) in [5, 5.41) is 16.9. The Kier molecular flexibility index (Phi) is 5.72. The molecule has 4 rings (SSSR count). The first-order valence-corrected chi connectivity index (χ1v) is 10.6. The van der Waals surface area contributed by atoms with Gasteiger partial charge in [0, 0.05) is 35.6 Å². The molecule has 0 amide bonds. The fourth-order valence-electron chi connectivity index (χ4n) is 4.54. The monoisotopic (exact) mass is 389 g/mol. The Morgan fingerprint density at radius 3 is 2.41 bits per heavy atom. The second-order valence-electron chi connectivity index (χ2n) is 8.42. The van der Waals surface area contributed by atoms with Gasteiger partial charge in [-0.2, -0.15) is 0 Å². The molecule has 0 saturated heterocycles. The van der Waals surface area contributed by atoms with E-state index in [1.165, 1.54) is 37.7 Å². The Labute approximate surface area is 172 Å². The summed E-state index contributed by atoms with van der Waals surface area (Å²) in [4.78, 5) is 12.2. The van der Waals surface area contributed by atoms with Gasteiger partial charge in [0.2, 0.25) is 0 Å². The number of aromatic carboxylic acids is 1. The summed E-state index contributed by atoms with van der Waals surface area (Å²) in [5.41, 5.74) is 5.51. The average Bonchev–Trinajstić information content (AvgIpc) is 3.01. The van der Waals surface area contributed by atoms with Crippen LogP contribution < -0.4 is 10.4 Å².